The van der Waals surface area contributed by atoms with Crippen LogP contribution in [0.25, 0.3) is 0 Å². The van der Waals surface area contributed by atoms with Crippen LogP contribution in [0.5, 0.6) is 0 Å². The van der Waals surface area contributed by atoms with E-state index in [9.17, 15) is 9.18 Å². The molecule has 1 amide bonds. The van der Waals surface area contributed by atoms with E-state index in [2.05, 4.69) is 5.32 Å². The van der Waals surface area contributed by atoms with Gasteiger partial charge in [-0.2, -0.15) is 0 Å². The number of ether oxygens (including phenoxy) is 1. The third-order valence-corrected chi connectivity index (χ3v) is 4.88. The largest absolute Gasteiger partial charge is 0.381 e. The van der Waals surface area contributed by atoms with Gasteiger partial charge >= 0.3 is 0 Å². The first-order valence-electron chi connectivity index (χ1n) is 7.99. The predicted molar refractivity (Wildman–Crippen MR) is 81.8 cm³/mol. The lowest BCUT2D eigenvalue weighted by Gasteiger charge is -2.36. The van der Waals surface area contributed by atoms with Gasteiger partial charge in [0.05, 0.1) is 5.41 Å². The maximum absolute atomic E-state index is 13.6. The lowest BCUT2D eigenvalue weighted by molar-refractivity contribution is -0.130. The van der Waals surface area contributed by atoms with E-state index in [1.165, 1.54) is 12.1 Å². The molecule has 120 valence electrons. The molecule has 3 N–H and O–H groups in total. The molecule has 4 nitrogen and oxygen atoms in total. The summed E-state index contributed by atoms with van der Waals surface area (Å²) in [5, 5.41) is 2.99. The number of nitrogens with one attached hydrogen (secondary N) is 1. The highest BCUT2D eigenvalue weighted by molar-refractivity contribution is 5.88. The van der Waals surface area contributed by atoms with Crippen LogP contribution < -0.4 is 11.1 Å². The van der Waals surface area contributed by atoms with Crippen LogP contribution >= 0.6 is 0 Å². The van der Waals surface area contributed by atoms with Gasteiger partial charge in [-0.3, -0.25) is 4.79 Å². The van der Waals surface area contributed by atoms with E-state index in [-0.39, 0.29) is 17.8 Å². The van der Waals surface area contributed by atoms with Crippen molar-refractivity contribution in [3.05, 3.63) is 35.6 Å². The van der Waals surface area contributed by atoms with Crippen LogP contribution in [0.3, 0.4) is 0 Å². The van der Waals surface area contributed by atoms with Gasteiger partial charge in [0.25, 0.3) is 0 Å². The van der Waals surface area contributed by atoms with Gasteiger partial charge in [-0.1, -0.05) is 12.1 Å². The van der Waals surface area contributed by atoms with Crippen molar-refractivity contribution >= 4 is 5.91 Å². The monoisotopic (exact) mass is 306 g/mol. The van der Waals surface area contributed by atoms with Crippen molar-refractivity contribution in [2.75, 3.05) is 19.8 Å². The highest BCUT2D eigenvalue weighted by atomic mass is 19.1. The lowest BCUT2D eigenvalue weighted by atomic mass is 9.73. The molecule has 1 aliphatic carbocycles. The molecule has 1 heterocycles. The number of rotatable bonds is 5. The van der Waals surface area contributed by atoms with E-state index in [4.69, 9.17) is 10.5 Å². The summed E-state index contributed by atoms with van der Waals surface area (Å²) in [7, 11) is 0. The summed E-state index contributed by atoms with van der Waals surface area (Å²) < 4.78 is 19.0. The summed E-state index contributed by atoms with van der Waals surface area (Å²) >= 11 is 0. The van der Waals surface area contributed by atoms with E-state index in [1.54, 1.807) is 6.07 Å². The van der Waals surface area contributed by atoms with Crippen LogP contribution in [0.1, 0.15) is 31.2 Å². The van der Waals surface area contributed by atoms with Gasteiger partial charge < -0.3 is 15.8 Å². The number of halogens is 1. The van der Waals surface area contributed by atoms with Crippen LogP contribution in [-0.2, 0) is 14.9 Å². The minimum Gasteiger partial charge on any atom is -0.381 e. The second-order valence-electron chi connectivity index (χ2n) is 6.42. The molecule has 2 fully saturated rings. The number of amides is 1. The molecule has 1 saturated carbocycles. The van der Waals surface area contributed by atoms with Crippen LogP contribution in [0, 0.1) is 11.7 Å². The zero-order valence-corrected chi connectivity index (χ0v) is 12.7. The minimum atomic E-state index is -0.705. The van der Waals surface area contributed by atoms with Gasteiger partial charge in [-0.25, -0.2) is 4.39 Å². The Morgan fingerprint density at radius 2 is 2.14 bits per heavy atom. The molecule has 0 spiro atoms. The highest BCUT2D eigenvalue weighted by Gasteiger charge is 2.42. The summed E-state index contributed by atoms with van der Waals surface area (Å²) in [5.41, 5.74) is 6.09. The third kappa shape index (κ3) is 3.15. The molecule has 1 atom stereocenters. The van der Waals surface area contributed by atoms with Crippen LogP contribution in [0.4, 0.5) is 4.39 Å². The summed E-state index contributed by atoms with van der Waals surface area (Å²) in [4.78, 5) is 12.8. The molecular weight excluding hydrogens is 283 g/mol. The number of benzene rings is 1. The number of carbonyl (C=O) groups is 1. The molecule has 3 rings (SSSR count). The van der Waals surface area contributed by atoms with E-state index in [1.807, 2.05) is 6.07 Å². The average Bonchev–Trinajstić information content (AvgIpc) is 3.38. The van der Waals surface area contributed by atoms with E-state index in [0.29, 0.717) is 38.5 Å². The van der Waals surface area contributed by atoms with Crippen molar-refractivity contribution in [3.63, 3.8) is 0 Å². The number of carbonyl (C=O) groups excluding carboxylic acids is 1. The number of hydrogen-bond donors (Lipinski definition) is 2. The van der Waals surface area contributed by atoms with Gasteiger partial charge in [0, 0.05) is 25.8 Å². The summed E-state index contributed by atoms with van der Waals surface area (Å²) in [6, 6.07) is 6.37. The van der Waals surface area contributed by atoms with Crippen molar-refractivity contribution in [3.8, 4) is 0 Å². The summed E-state index contributed by atoms with van der Waals surface area (Å²) in [5.74, 6) is 0.170. The Morgan fingerprint density at radius 3 is 2.77 bits per heavy atom. The molecule has 1 aromatic rings. The molecule has 2 aliphatic rings. The van der Waals surface area contributed by atoms with Crippen molar-refractivity contribution < 1.29 is 13.9 Å². The quantitative estimate of drug-likeness (QED) is 0.871. The number of hydrogen-bond acceptors (Lipinski definition) is 3. The fraction of sp³-hybridized carbons (Fsp3) is 0.588. The molecule has 5 heteroatoms. The molecule has 0 aromatic heterocycles. The number of nitrogens with two attached hydrogens (primary N) is 1. The standard InChI is InChI=1S/C17H23FN2O2/c18-14-3-1-2-13(10-14)17(6-8-22-9-7-17)16(21)20-11-15(19)12-4-5-12/h1-3,10,12,15H,4-9,11,19H2,(H,20,21). The zero-order valence-electron chi connectivity index (χ0n) is 12.7. The fourth-order valence-corrected chi connectivity index (χ4v) is 3.22. The molecule has 1 aromatic carbocycles. The lowest BCUT2D eigenvalue weighted by Crippen LogP contribution is -2.50. The first-order chi connectivity index (χ1) is 10.6. The Morgan fingerprint density at radius 1 is 1.41 bits per heavy atom. The van der Waals surface area contributed by atoms with Crippen LogP contribution in [-0.4, -0.2) is 31.7 Å². The van der Waals surface area contributed by atoms with Crippen LogP contribution in [0.2, 0.25) is 0 Å². The average molecular weight is 306 g/mol. The molecule has 22 heavy (non-hydrogen) atoms. The summed E-state index contributed by atoms with van der Waals surface area (Å²) in [6.45, 7) is 1.51. The maximum Gasteiger partial charge on any atom is 0.230 e. The summed E-state index contributed by atoms with van der Waals surface area (Å²) in [6.07, 6.45) is 3.45. The Labute approximate surface area is 130 Å². The third-order valence-electron chi connectivity index (χ3n) is 4.88. The van der Waals surface area contributed by atoms with Gasteiger partial charge in [0.15, 0.2) is 0 Å². The Hall–Kier alpha value is -1.46. The second kappa shape index (κ2) is 6.34. The maximum atomic E-state index is 13.6. The van der Waals surface area contributed by atoms with Crippen molar-refractivity contribution in [2.45, 2.75) is 37.1 Å². The van der Waals surface area contributed by atoms with E-state index in [0.717, 1.165) is 18.4 Å². The first-order valence-corrected chi connectivity index (χ1v) is 7.99. The minimum absolute atomic E-state index is 0.0216. The van der Waals surface area contributed by atoms with Gasteiger partial charge in [0.1, 0.15) is 5.82 Å². The van der Waals surface area contributed by atoms with Crippen LogP contribution in [0.15, 0.2) is 24.3 Å². The van der Waals surface area contributed by atoms with Crippen molar-refractivity contribution in [1.82, 2.24) is 5.32 Å². The van der Waals surface area contributed by atoms with Crippen molar-refractivity contribution in [1.29, 1.82) is 0 Å². The Balaban J connectivity index is 1.77. The van der Waals surface area contributed by atoms with E-state index >= 15 is 0 Å². The SMILES string of the molecule is NC(CNC(=O)C1(c2cccc(F)c2)CCOCC1)C1CC1. The molecular formula is C17H23FN2O2. The smallest absolute Gasteiger partial charge is 0.230 e. The Bertz CT molecular complexity index is 539. The normalized spacial score (nSPS) is 22.1. The molecule has 1 aliphatic heterocycles. The van der Waals surface area contributed by atoms with Gasteiger partial charge in [-0.15, -0.1) is 0 Å². The first kappa shape index (κ1) is 15.4. The molecule has 0 radical (unpaired) electrons. The Kier molecular flexibility index (Phi) is 4.45. The highest BCUT2D eigenvalue weighted by Crippen LogP contribution is 2.36. The second-order valence-corrected chi connectivity index (χ2v) is 6.42. The zero-order chi connectivity index (χ0) is 15.6. The molecule has 1 saturated heterocycles. The molecule has 1 unspecified atom stereocenters. The fourth-order valence-electron chi connectivity index (χ4n) is 3.22. The van der Waals surface area contributed by atoms with E-state index < -0.39 is 5.41 Å². The van der Waals surface area contributed by atoms with Crippen molar-refractivity contribution in [2.24, 2.45) is 11.7 Å². The van der Waals surface area contributed by atoms with Gasteiger partial charge in [-0.05, 0) is 49.3 Å². The molecule has 0 bridgehead atoms. The predicted octanol–water partition coefficient (Wildman–Crippen LogP) is 1.73. The van der Waals surface area contributed by atoms with Gasteiger partial charge in [0.2, 0.25) is 5.91 Å². The topological polar surface area (TPSA) is 64.3 Å².